The van der Waals surface area contributed by atoms with E-state index in [9.17, 15) is 19.2 Å². The van der Waals surface area contributed by atoms with Gasteiger partial charge in [0.25, 0.3) is 0 Å². The average molecular weight is 1020 g/mol. The number of hydrogen-bond donors (Lipinski definition) is 6. The summed E-state index contributed by atoms with van der Waals surface area (Å²) in [4.78, 5) is 66.3. The third-order valence-electron chi connectivity index (χ3n) is 11.5. The summed E-state index contributed by atoms with van der Waals surface area (Å²) in [5, 5.41) is 7.11. The standard InChI is InChI=1S/C46H38N12O6Se2/c1-53-23-47-37-35(53)41(59)51-45-55(3)33(25-13-9-7-10-14-25)39(57(37)45)49-31-19-17-27(21-29(31)43(61)63-5)65-66-28-18-20-32(30(22-28)44(62)64-6)50-40-34(26-15-11-8-12-16-26)56(4)46-52-42(60)36-38(58(40)46)48-24-54(36)2/h7-24H,1-6H3,(H2,49,50,61,62)/p+4. The number of nitrogens with zero attached hydrogens (tertiary/aromatic N) is 6. The van der Waals surface area contributed by atoms with Gasteiger partial charge in [0.15, 0.2) is 0 Å². The normalized spacial score (nSPS) is 11.5. The second-order valence-corrected chi connectivity index (χ2v) is 21.8. The quantitative estimate of drug-likeness (QED) is 0.0637. The molecule has 18 nitrogen and oxygen atoms in total. The number of fused-ring (bicyclic) bond motifs is 6. The zero-order valence-electron chi connectivity index (χ0n) is 36.3. The molecule has 0 unspecified atom stereocenters. The van der Waals surface area contributed by atoms with Crippen LogP contribution in [0.4, 0.5) is 23.0 Å². The van der Waals surface area contributed by atoms with E-state index in [0.29, 0.717) is 68.0 Å². The first kappa shape index (κ1) is 42.2. The van der Waals surface area contributed by atoms with Gasteiger partial charge in [-0.25, -0.2) is 0 Å². The van der Waals surface area contributed by atoms with Crippen molar-refractivity contribution in [1.82, 2.24) is 28.7 Å². The zero-order chi connectivity index (χ0) is 46.0. The Balaban J connectivity index is 1.01. The number of carbonyl (C=O) groups excluding carboxylic acids is 2. The number of rotatable bonds is 11. The first-order valence-electron chi connectivity index (χ1n) is 20.5. The van der Waals surface area contributed by atoms with Crippen LogP contribution in [0.3, 0.4) is 0 Å². The minimum atomic E-state index is -0.516. The Hall–Kier alpha value is -7.76. The fraction of sp³-hybridized carbons (Fsp3) is 0.130. The molecule has 0 atom stereocenters. The van der Waals surface area contributed by atoms with Crippen molar-refractivity contribution in [1.29, 1.82) is 0 Å². The molecule has 0 spiro atoms. The first-order chi connectivity index (χ1) is 32.0. The molecule has 6 aromatic heterocycles. The van der Waals surface area contributed by atoms with Crippen LogP contribution >= 0.6 is 0 Å². The van der Waals surface area contributed by atoms with Gasteiger partial charge in [-0.05, 0) is 0 Å². The summed E-state index contributed by atoms with van der Waals surface area (Å²) >= 11 is -0.283. The molecule has 330 valence electrons. The van der Waals surface area contributed by atoms with Crippen molar-refractivity contribution in [2.75, 3.05) is 24.9 Å². The summed E-state index contributed by atoms with van der Waals surface area (Å²) in [6.45, 7) is 0. The summed E-state index contributed by atoms with van der Waals surface area (Å²) in [6, 6.07) is 31.0. The van der Waals surface area contributed by atoms with Crippen molar-refractivity contribution < 1.29 is 37.3 Å². The van der Waals surface area contributed by atoms with E-state index in [1.54, 1.807) is 35.9 Å². The topological polar surface area (TPSA) is 198 Å². The molecule has 10 rings (SSSR count). The Bertz CT molecular complexity index is 3480. The van der Waals surface area contributed by atoms with Crippen molar-refractivity contribution in [2.45, 2.75) is 0 Å². The number of hydrogen-bond acceptors (Lipinski definition) is 8. The molecule has 0 aliphatic rings. The maximum absolute atomic E-state index is 13.6. The van der Waals surface area contributed by atoms with Gasteiger partial charge in [-0.15, -0.1) is 0 Å². The van der Waals surface area contributed by atoms with E-state index >= 15 is 0 Å². The maximum atomic E-state index is 13.6. The van der Waals surface area contributed by atoms with Crippen molar-refractivity contribution >= 4 is 104 Å². The van der Waals surface area contributed by atoms with Gasteiger partial charge in [0, 0.05) is 0 Å². The third-order valence-corrected chi connectivity index (χ3v) is 18.7. The number of ether oxygens (including phenoxy) is 2. The van der Waals surface area contributed by atoms with Gasteiger partial charge in [0.2, 0.25) is 0 Å². The van der Waals surface area contributed by atoms with Crippen LogP contribution in [0.1, 0.15) is 20.7 Å². The second kappa shape index (κ2) is 16.7. The molecule has 66 heavy (non-hydrogen) atoms. The van der Waals surface area contributed by atoms with Crippen molar-refractivity contribution in [3.05, 3.63) is 142 Å². The summed E-state index contributed by atoms with van der Waals surface area (Å²) < 4.78 is 23.6. The van der Waals surface area contributed by atoms with E-state index in [0.717, 1.165) is 31.4 Å². The van der Waals surface area contributed by atoms with E-state index in [4.69, 9.17) is 9.47 Å². The number of aromatic amines is 4. The predicted octanol–water partition coefficient (Wildman–Crippen LogP) is 1.50. The van der Waals surface area contributed by atoms with Gasteiger partial charge in [-0.1, -0.05) is 0 Å². The Labute approximate surface area is 385 Å². The number of aryl methyl sites for hydroxylation is 4. The monoisotopic (exact) mass is 1020 g/mol. The summed E-state index contributed by atoms with van der Waals surface area (Å²) in [5.74, 6) is 1.27. The number of aromatic nitrogens is 10. The third kappa shape index (κ3) is 6.94. The Kier molecular flexibility index (Phi) is 10.7. The molecule has 4 aromatic carbocycles. The molecule has 10 aromatic rings. The van der Waals surface area contributed by atoms with E-state index in [1.807, 2.05) is 129 Å². The summed E-state index contributed by atoms with van der Waals surface area (Å²) in [7, 11) is 10.1. The van der Waals surface area contributed by atoms with E-state index in [2.05, 4.69) is 30.6 Å². The van der Waals surface area contributed by atoms with Crippen molar-refractivity contribution in [2.24, 2.45) is 28.2 Å². The molecule has 0 radical (unpaired) electrons. The Morgan fingerprint density at radius 1 is 0.576 bits per heavy atom. The second-order valence-electron chi connectivity index (χ2n) is 15.4. The molecule has 0 bridgehead atoms. The number of H-pyrrole nitrogens is 4. The SMILES string of the molecule is COC(=O)c1cc([Se][Se]c2ccc(Nc3c(-c4ccccc4)[n+](C)c4[nH]c(=O)c5c([nH]c[n+]5C)n34)c(C(=O)OC)c2)ccc1Nc1c(-c2ccccc2)[n+](C)c2[nH]c(=O)c3c([nH]c[n+]3C)n12. The molecular formula is C46H42N12O6Se2+4. The van der Waals surface area contributed by atoms with Crippen LogP contribution in [-0.2, 0) is 37.7 Å². The molecule has 6 N–H and O–H groups in total. The van der Waals surface area contributed by atoms with E-state index < -0.39 is 11.9 Å². The fourth-order valence-corrected chi connectivity index (χ4v) is 14.4. The summed E-state index contributed by atoms with van der Waals surface area (Å²) in [5.41, 5.74) is 6.58. The summed E-state index contributed by atoms with van der Waals surface area (Å²) in [6.07, 6.45) is 3.44. The van der Waals surface area contributed by atoms with Crippen molar-refractivity contribution in [3.63, 3.8) is 0 Å². The first-order valence-corrected chi connectivity index (χ1v) is 26.5. The molecule has 0 aliphatic heterocycles. The van der Waals surface area contributed by atoms with Crippen molar-refractivity contribution in [3.8, 4) is 22.5 Å². The van der Waals surface area contributed by atoms with Crippen LogP contribution in [-0.4, -0.2) is 81.2 Å². The minimum absolute atomic E-state index is 0.142. The molecule has 0 amide bonds. The van der Waals surface area contributed by atoms with Gasteiger partial charge in [0.1, 0.15) is 0 Å². The van der Waals surface area contributed by atoms with Gasteiger partial charge in [0.05, 0.1) is 0 Å². The molecule has 20 heteroatoms. The van der Waals surface area contributed by atoms with Gasteiger partial charge in [-0.2, -0.15) is 0 Å². The van der Waals surface area contributed by atoms with Crippen LogP contribution in [0.5, 0.6) is 0 Å². The van der Waals surface area contributed by atoms with Crippen LogP contribution in [0, 0.1) is 0 Å². The number of esters is 2. The molecular weight excluding hydrogens is 975 g/mol. The van der Waals surface area contributed by atoms with E-state index in [-0.39, 0.29) is 37.4 Å². The van der Waals surface area contributed by atoms with Crippen LogP contribution < -0.4 is 48.9 Å². The molecule has 6 heterocycles. The van der Waals surface area contributed by atoms with E-state index in [1.165, 1.54) is 14.2 Å². The van der Waals surface area contributed by atoms with Gasteiger partial charge < -0.3 is 0 Å². The zero-order valence-corrected chi connectivity index (χ0v) is 39.8. The number of benzene rings is 4. The van der Waals surface area contributed by atoms with Crippen LogP contribution in [0.25, 0.3) is 56.4 Å². The van der Waals surface area contributed by atoms with Crippen LogP contribution in [0.15, 0.2) is 119 Å². The van der Waals surface area contributed by atoms with Gasteiger partial charge in [-0.3, -0.25) is 0 Å². The molecule has 0 aliphatic carbocycles. The number of imidazole rings is 4. The fourth-order valence-electron chi connectivity index (χ4n) is 8.44. The van der Waals surface area contributed by atoms with Gasteiger partial charge >= 0.3 is 387 Å². The predicted molar refractivity (Wildman–Crippen MR) is 248 cm³/mol. The molecule has 0 saturated carbocycles. The molecule has 0 fully saturated rings. The van der Waals surface area contributed by atoms with Crippen LogP contribution in [0.2, 0.25) is 0 Å². The number of methoxy groups -OCH3 is 2. The molecule has 0 saturated heterocycles. The number of carbonyl (C=O) groups is 2. The number of anilines is 4. The Morgan fingerprint density at radius 2 is 0.970 bits per heavy atom. The number of nitrogens with one attached hydrogen (secondary N) is 6. The average Bonchev–Trinajstić information content (AvgIpc) is 4.07. The Morgan fingerprint density at radius 3 is 1.35 bits per heavy atom.